The molecule has 1 aliphatic carbocycles. The second-order valence-corrected chi connectivity index (χ2v) is 9.60. The number of aliphatic imine (C=N–C) groups is 1. The molecule has 156 valence electrons. The van der Waals surface area contributed by atoms with Gasteiger partial charge in [0, 0.05) is 6.04 Å². The molecule has 1 heterocycles. The Kier molecular flexibility index (Phi) is 6.64. The first-order chi connectivity index (χ1) is 14.6. The Morgan fingerprint density at radius 1 is 1.17 bits per heavy atom. The van der Waals surface area contributed by atoms with E-state index in [0.717, 1.165) is 45.9 Å². The van der Waals surface area contributed by atoms with E-state index in [1.54, 1.807) is 7.11 Å². The summed E-state index contributed by atoms with van der Waals surface area (Å²) in [7, 11) is 1.64. The molecule has 1 saturated carbocycles. The number of hydrogen-bond donors (Lipinski definition) is 0. The number of amidine groups is 1. The van der Waals surface area contributed by atoms with Crippen LogP contribution in [-0.4, -0.2) is 29.1 Å². The number of thioether (sulfide) groups is 1. The van der Waals surface area contributed by atoms with Crippen LogP contribution in [0.2, 0.25) is 0 Å². The van der Waals surface area contributed by atoms with E-state index >= 15 is 0 Å². The molecule has 1 saturated heterocycles. The van der Waals surface area contributed by atoms with Crippen molar-refractivity contribution in [3.05, 3.63) is 63.5 Å². The third-order valence-electron chi connectivity index (χ3n) is 5.69. The van der Waals surface area contributed by atoms with Crippen LogP contribution < -0.4 is 4.74 Å². The van der Waals surface area contributed by atoms with E-state index in [4.69, 9.17) is 9.73 Å². The van der Waals surface area contributed by atoms with Crippen LogP contribution in [-0.2, 0) is 4.79 Å². The quantitative estimate of drug-likeness (QED) is 0.456. The monoisotopic (exact) mass is 484 g/mol. The third-order valence-corrected chi connectivity index (χ3v) is 7.29. The van der Waals surface area contributed by atoms with Gasteiger partial charge in [-0.25, -0.2) is 4.99 Å². The first-order valence-electron chi connectivity index (χ1n) is 10.3. The molecular formula is C24H25BrN2O2S. The topological polar surface area (TPSA) is 41.9 Å². The average molecular weight is 485 g/mol. The molecular weight excluding hydrogens is 460 g/mol. The summed E-state index contributed by atoms with van der Waals surface area (Å²) in [5.74, 6) is 1.30. The van der Waals surface area contributed by atoms with Crippen molar-refractivity contribution in [2.24, 2.45) is 10.9 Å². The smallest absolute Gasteiger partial charge is 0.267 e. The number of carbonyl (C=O) groups is 1. The maximum absolute atomic E-state index is 13.5. The van der Waals surface area contributed by atoms with Crippen LogP contribution >= 0.6 is 27.7 Å². The summed E-state index contributed by atoms with van der Waals surface area (Å²) in [4.78, 5) is 21.0. The van der Waals surface area contributed by atoms with Crippen molar-refractivity contribution in [1.29, 1.82) is 0 Å². The van der Waals surface area contributed by atoms with Gasteiger partial charge in [0.2, 0.25) is 0 Å². The zero-order chi connectivity index (χ0) is 21.1. The van der Waals surface area contributed by atoms with Gasteiger partial charge in [-0.2, -0.15) is 0 Å². The molecule has 2 aromatic carbocycles. The van der Waals surface area contributed by atoms with E-state index in [-0.39, 0.29) is 11.9 Å². The minimum atomic E-state index is 0.0559. The lowest BCUT2D eigenvalue weighted by Crippen LogP contribution is -2.44. The minimum absolute atomic E-state index is 0.0559. The minimum Gasteiger partial charge on any atom is -0.496 e. The van der Waals surface area contributed by atoms with Crippen LogP contribution in [0, 0.1) is 5.92 Å². The van der Waals surface area contributed by atoms with Crippen molar-refractivity contribution in [1.82, 2.24) is 4.90 Å². The lowest BCUT2D eigenvalue weighted by atomic mass is 9.85. The lowest BCUT2D eigenvalue weighted by Gasteiger charge is -2.35. The second-order valence-electron chi connectivity index (χ2n) is 7.74. The van der Waals surface area contributed by atoms with Crippen molar-refractivity contribution in [2.75, 3.05) is 7.11 Å². The number of ether oxygens (including phenoxy) is 1. The highest BCUT2D eigenvalue weighted by Gasteiger charge is 2.41. The average Bonchev–Trinajstić information content (AvgIpc) is 3.04. The molecule has 2 aliphatic rings. The summed E-state index contributed by atoms with van der Waals surface area (Å²) >= 11 is 5.00. The first-order valence-corrected chi connectivity index (χ1v) is 11.9. The van der Waals surface area contributed by atoms with Gasteiger partial charge in [0.1, 0.15) is 5.75 Å². The Bertz CT molecular complexity index is 990. The highest BCUT2D eigenvalue weighted by molar-refractivity contribution is 9.10. The molecule has 2 aromatic rings. The van der Waals surface area contributed by atoms with E-state index < -0.39 is 0 Å². The summed E-state index contributed by atoms with van der Waals surface area (Å²) in [6.45, 7) is 2.25. The molecule has 1 amide bonds. The molecule has 2 fully saturated rings. The Hall–Kier alpha value is -2.05. The van der Waals surface area contributed by atoms with Crippen LogP contribution in [0.5, 0.6) is 5.75 Å². The van der Waals surface area contributed by atoms with Gasteiger partial charge in [-0.1, -0.05) is 44.0 Å². The van der Waals surface area contributed by atoms with Gasteiger partial charge >= 0.3 is 0 Å². The van der Waals surface area contributed by atoms with Crippen LogP contribution in [0.15, 0.2) is 62.9 Å². The molecule has 30 heavy (non-hydrogen) atoms. The van der Waals surface area contributed by atoms with Crippen LogP contribution in [0.1, 0.15) is 38.2 Å². The summed E-state index contributed by atoms with van der Waals surface area (Å²) in [5, 5.41) is 0.781. The van der Waals surface area contributed by atoms with Gasteiger partial charge < -0.3 is 4.74 Å². The van der Waals surface area contributed by atoms with E-state index in [9.17, 15) is 4.79 Å². The van der Waals surface area contributed by atoms with Crippen LogP contribution in [0.25, 0.3) is 6.08 Å². The van der Waals surface area contributed by atoms with Gasteiger partial charge in [-0.05, 0) is 82.4 Å². The van der Waals surface area contributed by atoms with Crippen molar-refractivity contribution in [3.8, 4) is 5.75 Å². The van der Waals surface area contributed by atoms with E-state index in [2.05, 4.69) is 22.9 Å². The molecule has 1 aliphatic heterocycles. The van der Waals surface area contributed by atoms with Gasteiger partial charge in [0.15, 0.2) is 5.17 Å². The standard InChI is InChI=1S/C24H25BrN2O2S/c1-16-8-6-7-11-20(16)27-23(28)22(15-17-12-13-21(29-2)19(25)14-17)30-24(27)26-18-9-4-3-5-10-18/h3-5,9-10,12-16,20H,6-8,11H2,1-2H3/b22-15-,26-24?/t16-,20+/m0/s1. The van der Waals surface area contributed by atoms with Gasteiger partial charge in [0.05, 0.1) is 22.2 Å². The molecule has 0 aromatic heterocycles. The predicted octanol–water partition coefficient (Wildman–Crippen LogP) is 6.64. The molecule has 4 nitrogen and oxygen atoms in total. The number of para-hydroxylation sites is 1. The van der Waals surface area contributed by atoms with Crippen molar-refractivity contribution in [2.45, 2.75) is 38.6 Å². The van der Waals surface area contributed by atoms with E-state index in [1.165, 1.54) is 18.2 Å². The number of nitrogens with zero attached hydrogens (tertiary/aromatic N) is 2. The molecule has 2 atom stereocenters. The molecule has 0 spiro atoms. The molecule has 0 N–H and O–H groups in total. The third kappa shape index (κ3) is 4.49. The Morgan fingerprint density at radius 3 is 2.63 bits per heavy atom. The van der Waals surface area contributed by atoms with Crippen molar-refractivity contribution >= 4 is 50.5 Å². The first kappa shape index (κ1) is 21.2. The summed E-state index contributed by atoms with van der Waals surface area (Å²) in [6.07, 6.45) is 6.53. The molecule has 0 unspecified atom stereocenters. The SMILES string of the molecule is COc1ccc(/C=C2\SC(=Nc3ccccc3)N([C@@H]3CCCC[C@@H]3C)C2=O)cc1Br. The van der Waals surface area contributed by atoms with Crippen molar-refractivity contribution in [3.63, 3.8) is 0 Å². The lowest BCUT2D eigenvalue weighted by molar-refractivity contribution is -0.124. The summed E-state index contributed by atoms with van der Waals surface area (Å²) in [6, 6.07) is 15.9. The molecule has 0 radical (unpaired) electrons. The number of benzene rings is 2. The fourth-order valence-electron chi connectivity index (χ4n) is 4.07. The summed E-state index contributed by atoms with van der Waals surface area (Å²) in [5.41, 5.74) is 1.82. The zero-order valence-electron chi connectivity index (χ0n) is 17.2. The number of hydrogen-bond acceptors (Lipinski definition) is 4. The number of methoxy groups -OCH3 is 1. The maximum atomic E-state index is 13.5. The predicted molar refractivity (Wildman–Crippen MR) is 128 cm³/mol. The van der Waals surface area contributed by atoms with Gasteiger partial charge in [0.25, 0.3) is 5.91 Å². The number of carbonyl (C=O) groups excluding carboxylic acids is 1. The van der Waals surface area contributed by atoms with E-state index in [1.807, 2.05) is 59.5 Å². The Labute approximate surface area is 190 Å². The zero-order valence-corrected chi connectivity index (χ0v) is 19.6. The van der Waals surface area contributed by atoms with E-state index in [0.29, 0.717) is 10.8 Å². The molecule has 4 rings (SSSR count). The number of amides is 1. The molecule has 0 bridgehead atoms. The number of rotatable bonds is 4. The Morgan fingerprint density at radius 2 is 1.93 bits per heavy atom. The summed E-state index contributed by atoms with van der Waals surface area (Å²) < 4.78 is 6.18. The second kappa shape index (κ2) is 9.40. The molecule has 6 heteroatoms. The highest BCUT2D eigenvalue weighted by atomic mass is 79.9. The Balaban J connectivity index is 1.71. The van der Waals surface area contributed by atoms with Crippen LogP contribution in [0.4, 0.5) is 5.69 Å². The van der Waals surface area contributed by atoms with Gasteiger partial charge in [-0.15, -0.1) is 0 Å². The highest BCUT2D eigenvalue weighted by Crippen LogP contribution is 2.40. The number of halogens is 1. The van der Waals surface area contributed by atoms with Gasteiger partial charge in [-0.3, -0.25) is 9.69 Å². The fraction of sp³-hybridized carbons (Fsp3) is 0.333. The van der Waals surface area contributed by atoms with Crippen LogP contribution in [0.3, 0.4) is 0 Å². The van der Waals surface area contributed by atoms with Crippen molar-refractivity contribution < 1.29 is 9.53 Å². The maximum Gasteiger partial charge on any atom is 0.267 e. The largest absolute Gasteiger partial charge is 0.496 e. The normalized spacial score (nSPS) is 24.6. The fourth-order valence-corrected chi connectivity index (χ4v) is 5.68.